The number of fused-ring (bicyclic) bond motifs is 1. The summed E-state index contributed by atoms with van der Waals surface area (Å²) in [4.78, 5) is 4.57. The van der Waals surface area contributed by atoms with Crippen molar-refractivity contribution in [3.8, 4) is 0 Å². The van der Waals surface area contributed by atoms with Gasteiger partial charge in [-0.3, -0.25) is 0 Å². The summed E-state index contributed by atoms with van der Waals surface area (Å²) >= 11 is 1.72. The highest BCUT2D eigenvalue weighted by Crippen LogP contribution is 2.29. The van der Waals surface area contributed by atoms with E-state index in [1.165, 1.54) is 4.70 Å². The van der Waals surface area contributed by atoms with Crippen LogP contribution in [0.1, 0.15) is 27.7 Å². The molecule has 0 spiro atoms. The minimum Gasteiger partial charge on any atom is -0.359 e. The molecule has 1 atom stereocenters. The van der Waals surface area contributed by atoms with Gasteiger partial charge in [-0.25, -0.2) is 4.98 Å². The van der Waals surface area contributed by atoms with Gasteiger partial charge in [0.2, 0.25) is 0 Å². The van der Waals surface area contributed by atoms with E-state index in [1.807, 2.05) is 6.07 Å². The number of hydrogen-bond acceptors (Lipinski definition) is 3. The molecule has 86 valence electrons. The van der Waals surface area contributed by atoms with Crippen LogP contribution in [0.15, 0.2) is 24.3 Å². The van der Waals surface area contributed by atoms with Crippen LogP contribution >= 0.6 is 11.3 Å². The van der Waals surface area contributed by atoms with Crippen LogP contribution in [0.4, 0.5) is 5.13 Å². The van der Waals surface area contributed by atoms with Crippen molar-refractivity contribution in [3.63, 3.8) is 0 Å². The van der Waals surface area contributed by atoms with Crippen molar-refractivity contribution in [3.05, 3.63) is 24.3 Å². The third-order valence-corrected chi connectivity index (χ3v) is 3.90. The topological polar surface area (TPSA) is 24.9 Å². The number of aromatic nitrogens is 1. The van der Waals surface area contributed by atoms with Gasteiger partial charge >= 0.3 is 0 Å². The first-order chi connectivity index (χ1) is 7.47. The molecule has 0 saturated heterocycles. The molecule has 1 N–H and O–H groups in total. The van der Waals surface area contributed by atoms with E-state index in [2.05, 4.69) is 56.2 Å². The van der Waals surface area contributed by atoms with E-state index in [-0.39, 0.29) is 5.41 Å². The maximum absolute atomic E-state index is 4.57. The fourth-order valence-electron chi connectivity index (χ4n) is 1.34. The lowest BCUT2D eigenvalue weighted by molar-refractivity contribution is 0.359. The minimum atomic E-state index is 0.248. The molecular formula is C13H18N2S. The summed E-state index contributed by atoms with van der Waals surface area (Å²) in [7, 11) is 0. The van der Waals surface area contributed by atoms with E-state index in [0.29, 0.717) is 6.04 Å². The van der Waals surface area contributed by atoms with Crippen molar-refractivity contribution in [2.24, 2.45) is 5.41 Å². The maximum Gasteiger partial charge on any atom is 0.184 e. The quantitative estimate of drug-likeness (QED) is 0.844. The van der Waals surface area contributed by atoms with Gasteiger partial charge in [-0.2, -0.15) is 0 Å². The van der Waals surface area contributed by atoms with Gasteiger partial charge in [0.15, 0.2) is 5.13 Å². The van der Waals surface area contributed by atoms with E-state index >= 15 is 0 Å². The van der Waals surface area contributed by atoms with E-state index in [4.69, 9.17) is 0 Å². The maximum atomic E-state index is 4.57. The lowest BCUT2D eigenvalue weighted by Gasteiger charge is -2.27. The fraction of sp³-hybridized carbons (Fsp3) is 0.462. The van der Waals surface area contributed by atoms with Gasteiger partial charge in [0.25, 0.3) is 0 Å². The van der Waals surface area contributed by atoms with E-state index in [0.717, 1.165) is 10.6 Å². The molecule has 1 aromatic heterocycles. The summed E-state index contributed by atoms with van der Waals surface area (Å²) in [5, 5.41) is 4.50. The third-order valence-electron chi connectivity index (χ3n) is 2.93. The van der Waals surface area contributed by atoms with Gasteiger partial charge < -0.3 is 5.32 Å². The molecular weight excluding hydrogens is 216 g/mol. The summed E-state index contributed by atoms with van der Waals surface area (Å²) in [6, 6.07) is 8.66. The molecule has 1 unspecified atom stereocenters. The molecule has 0 bridgehead atoms. The molecule has 0 aliphatic rings. The van der Waals surface area contributed by atoms with Crippen molar-refractivity contribution in [1.82, 2.24) is 4.98 Å². The van der Waals surface area contributed by atoms with Crippen LogP contribution in [0, 0.1) is 5.41 Å². The third kappa shape index (κ3) is 2.35. The van der Waals surface area contributed by atoms with Crippen molar-refractivity contribution in [2.45, 2.75) is 33.7 Å². The van der Waals surface area contributed by atoms with Crippen LogP contribution < -0.4 is 5.32 Å². The molecule has 2 rings (SSSR count). The predicted octanol–water partition coefficient (Wildman–Crippen LogP) is 4.14. The summed E-state index contributed by atoms with van der Waals surface area (Å²) < 4.78 is 1.24. The summed E-state index contributed by atoms with van der Waals surface area (Å²) in [5.74, 6) is 0. The first-order valence-electron chi connectivity index (χ1n) is 5.59. The Kier molecular flexibility index (Phi) is 2.89. The number of nitrogens with zero attached hydrogens (tertiary/aromatic N) is 1. The number of rotatable bonds is 2. The van der Waals surface area contributed by atoms with Crippen LogP contribution in [0.3, 0.4) is 0 Å². The second-order valence-corrected chi connectivity index (χ2v) is 6.25. The Morgan fingerprint density at radius 3 is 2.56 bits per heavy atom. The largest absolute Gasteiger partial charge is 0.359 e. The Morgan fingerprint density at radius 1 is 1.25 bits per heavy atom. The number of nitrogens with one attached hydrogen (secondary N) is 1. The normalized spacial score (nSPS) is 14.0. The molecule has 0 amide bonds. The van der Waals surface area contributed by atoms with Gasteiger partial charge in [-0.1, -0.05) is 44.2 Å². The first kappa shape index (κ1) is 11.4. The summed E-state index contributed by atoms with van der Waals surface area (Å²) in [6.07, 6.45) is 0. The Hall–Kier alpha value is -1.09. The summed E-state index contributed by atoms with van der Waals surface area (Å²) in [6.45, 7) is 8.90. The van der Waals surface area contributed by atoms with Crippen LogP contribution in [0.2, 0.25) is 0 Å². The van der Waals surface area contributed by atoms with Crippen LogP contribution in [0.25, 0.3) is 10.2 Å². The molecule has 3 heteroatoms. The van der Waals surface area contributed by atoms with Crippen LogP contribution in [0.5, 0.6) is 0 Å². The molecule has 0 fully saturated rings. The van der Waals surface area contributed by atoms with Crippen LogP contribution in [-0.2, 0) is 0 Å². The van der Waals surface area contributed by atoms with Crippen LogP contribution in [-0.4, -0.2) is 11.0 Å². The number of benzene rings is 1. The lowest BCUT2D eigenvalue weighted by Crippen LogP contribution is -2.30. The van der Waals surface area contributed by atoms with Crippen molar-refractivity contribution >= 4 is 26.7 Å². The SMILES string of the molecule is CC(Nc1nc2ccccc2s1)C(C)(C)C. The Bertz CT molecular complexity index is 449. The smallest absolute Gasteiger partial charge is 0.184 e. The average Bonchev–Trinajstić information content (AvgIpc) is 2.58. The second-order valence-electron chi connectivity index (χ2n) is 5.22. The predicted molar refractivity (Wildman–Crippen MR) is 72.2 cm³/mol. The van der Waals surface area contributed by atoms with Gasteiger partial charge in [0.1, 0.15) is 0 Å². The molecule has 1 heterocycles. The highest BCUT2D eigenvalue weighted by molar-refractivity contribution is 7.22. The molecule has 0 radical (unpaired) electrons. The fourth-order valence-corrected chi connectivity index (χ4v) is 2.29. The molecule has 0 saturated carbocycles. The van der Waals surface area contributed by atoms with E-state index < -0.39 is 0 Å². The van der Waals surface area contributed by atoms with Gasteiger partial charge in [-0.05, 0) is 24.5 Å². The molecule has 0 aliphatic carbocycles. The van der Waals surface area contributed by atoms with E-state index in [9.17, 15) is 0 Å². The van der Waals surface area contributed by atoms with Crippen molar-refractivity contribution in [2.75, 3.05) is 5.32 Å². The highest BCUT2D eigenvalue weighted by atomic mass is 32.1. The average molecular weight is 234 g/mol. The lowest BCUT2D eigenvalue weighted by atomic mass is 9.88. The number of para-hydroxylation sites is 1. The highest BCUT2D eigenvalue weighted by Gasteiger charge is 2.20. The number of anilines is 1. The second kappa shape index (κ2) is 4.06. The standard InChI is InChI=1S/C13H18N2S/c1-9(13(2,3)4)14-12-15-10-7-5-6-8-11(10)16-12/h5-9H,1-4H3,(H,14,15). The van der Waals surface area contributed by atoms with E-state index in [1.54, 1.807) is 11.3 Å². The molecule has 2 aromatic rings. The Labute approximate surface area is 101 Å². The van der Waals surface area contributed by atoms with Gasteiger partial charge in [0, 0.05) is 6.04 Å². The first-order valence-corrected chi connectivity index (χ1v) is 6.40. The van der Waals surface area contributed by atoms with Crippen molar-refractivity contribution in [1.29, 1.82) is 0 Å². The zero-order valence-corrected chi connectivity index (χ0v) is 11.1. The van der Waals surface area contributed by atoms with Gasteiger partial charge in [0.05, 0.1) is 10.2 Å². The van der Waals surface area contributed by atoms with Gasteiger partial charge in [-0.15, -0.1) is 0 Å². The monoisotopic (exact) mass is 234 g/mol. The Morgan fingerprint density at radius 2 is 1.94 bits per heavy atom. The zero-order valence-electron chi connectivity index (χ0n) is 10.2. The Balaban J connectivity index is 2.22. The zero-order chi connectivity index (χ0) is 11.8. The number of hydrogen-bond donors (Lipinski definition) is 1. The summed E-state index contributed by atoms with van der Waals surface area (Å²) in [5.41, 5.74) is 1.33. The number of thiazole rings is 1. The molecule has 2 nitrogen and oxygen atoms in total. The molecule has 0 aliphatic heterocycles. The minimum absolute atomic E-state index is 0.248. The molecule has 16 heavy (non-hydrogen) atoms. The molecule has 1 aromatic carbocycles. The van der Waals surface area contributed by atoms with Crippen molar-refractivity contribution < 1.29 is 0 Å².